The number of nitro groups is 1. The molecule has 1 aromatic heterocycles. The summed E-state index contributed by atoms with van der Waals surface area (Å²) >= 11 is 0. The Kier molecular flexibility index (Phi) is 5.49. The quantitative estimate of drug-likeness (QED) is 0.333. The maximum absolute atomic E-state index is 12.3. The van der Waals surface area contributed by atoms with Gasteiger partial charge in [0.15, 0.2) is 18.2 Å². The molecule has 0 aliphatic heterocycles. The Bertz CT molecular complexity index is 770. The average Bonchev–Trinajstić information content (AvgIpc) is 2.54. The van der Waals surface area contributed by atoms with Crippen molar-refractivity contribution in [2.24, 2.45) is 0 Å². The molecule has 2 aromatic rings. The number of aromatic nitrogens is 1. The number of carbonyl (C=O) groups is 2. The van der Waals surface area contributed by atoms with Gasteiger partial charge in [0.25, 0.3) is 5.69 Å². The Morgan fingerprint density at radius 1 is 1.08 bits per heavy atom. The number of benzene rings is 1. The summed E-state index contributed by atoms with van der Waals surface area (Å²) in [4.78, 5) is 36.2. The van der Waals surface area contributed by atoms with Gasteiger partial charge < -0.3 is 4.90 Å². The molecule has 7 heteroatoms. The number of ketones is 2. The van der Waals surface area contributed by atoms with Crippen LogP contribution in [0.4, 0.5) is 5.69 Å². The topological polar surface area (TPSA) is 84.4 Å². The number of likely N-dealkylation sites (N-methyl/N-ethyl adjacent to an activating group) is 1. The summed E-state index contributed by atoms with van der Waals surface area (Å²) in [5.74, 6) is -0.218. The van der Waals surface area contributed by atoms with E-state index in [-0.39, 0.29) is 23.8 Å². The second kappa shape index (κ2) is 7.56. The molecule has 0 atom stereocenters. The van der Waals surface area contributed by atoms with Crippen LogP contribution in [0.15, 0.2) is 48.8 Å². The number of carbonyl (C=O) groups excluding carboxylic acids is 2. The third-order valence-electron chi connectivity index (χ3n) is 3.37. The van der Waals surface area contributed by atoms with E-state index in [0.29, 0.717) is 17.7 Å². The highest BCUT2D eigenvalue weighted by Crippen LogP contribution is 2.12. The van der Waals surface area contributed by atoms with Crippen LogP contribution in [0.5, 0.6) is 0 Å². The highest BCUT2D eigenvalue weighted by molar-refractivity contribution is 5.97. The predicted octanol–water partition coefficient (Wildman–Crippen LogP) is 1.51. The third kappa shape index (κ3) is 4.53. The van der Waals surface area contributed by atoms with E-state index < -0.39 is 4.92 Å². The molecule has 24 heavy (non-hydrogen) atoms. The molecule has 1 heterocycles. The fourth-order valence-corrected chi connectivity index (χ4v) is 2.19. The van der Waals surface area contributed by atoms with Crippen molar-refractivity contribution in [1.82, 2.24) is 4.90 Å². The smallest absolute Gasteiger partial charge is 0.269 e. The molecule has 0 amide bonds. The highest BCUT2D eigenvalue weighted by atomic mass is 16.6. The van der Waals surface area contributed by atoms with E-state index in [4.69, 9.17) is 0 Å². The van der Waals surface area contributed by atoms with Gasteiger partial charge in [0.1, 0.15) is 0 Å². The van der Waals surface area contributed by atoms with Gasteiger partial charge in [-0.2, -0.15) is 4.57 Å². The number of non-ortho nitro benzene ring substituents is 1. The fraction of sp³-hybridized carbons (Fsp3) is 0.235. The van der Waals surface area contributed by atoms with Crippen LogP contribution in [0.1, 0.15) is 20.7 Å². The number of hydrogen-bond donors (Lipinski definition) is 0. The van der Waals surface area contributed by atoms with E-state index in [1.165, 1.54) is 24.3 Å². The Balaban J connectivity index is 2.11. The Labute approximate surface area is 139 Å². The number of hydrogen-bond acceptors (Lipinski definition) is 5. The second-order valence-electron chi connectivity index (χ2n) is 5.65. The SMILES string of the molecule is CN(C)CC(=O)c1ccc[n+](CC(=O)c2ccc([N+](=O)[O-])cc2)c1. The van der Waals surface area contributed by atoms with Crippen LogP contribution >= 0.6 is 0 Å². The zero-order chi connectivity index (χ0) is 17.7. The van der Waals surface area contributed by atoms with Crippen LogP contribution in [0.2, 0.25) is 0 Å². The van der Waals surface area contributed by atoms with Crippen molar-refractivity contribution >= 4 is 17.3 Å². The maximum Gasteiger partial charge on any atom is 0.269 e. The van der Waals surface area contributed by atoms with Crippen molar-refractivity contribution < 1.29 is 19.1 Å². The summed E-state index contributed by atoms with van der Waals surface area (Å²) in [5, 5.41) is 10.6. The standard InChI is InChI=1S/C17H18N3O4/c1-18(2)11-16(21)14-4-3-9-19(10-14)12-17(22)13-5-7-15(8-6-13)20(23)24/h3-10H,11-12H2,1-2H3/q+1. The zero-order valence-electron chi connectivity index (χ0n) is 13.5. The Morgan fingerprint density at radius 3 is 2.33 bits per heavy atom. The molecule has 2 rings (SSSR count). The van der Waals surface area contributed by atoms with Crippen LogP contribution in [0, 0.1) is 10.1 Å². The van der Waals surface area contributed by atoms with Gasteiger partial charge in [-0.1, -0.05) is 0 Å². The monoisotopic (exact) mass is 328 g/mol. The molecule has 1 aromatic carbocycles. The Morgan fingerprint density at radius 2 is 1.75 bits per heavy atom. The number of nitrogens with zero attached hydrogens (tertiary/aromatic N) is 3. The average molecular weight is 328 g/mol. The van der Waals surface area contributed by atoms with E-state index in [1.54, 1.807) is 34.0 Å². The van der Waals surface area contributed by atoms with Gasteiger partial charge in [-0.05, 0) is 32.3 Å². The molecule has 0 aliphatic carbocycles. The zero-order valence-corrected chi connectivity index (χ0v) is 13.5. The van der Waals surface area contributed by atoms with Crippen LogP contribution < -0.4 is 4.57 Å². The summed E-state index contributed by atoms with van der Waals surface area (Å²) in [6, 6.07) is 8.89. The molecule has 0 spiro atoms. The molecular weight excluding hydrogens is 310 g/mol. The van der Waals surface area contributed by atoms with Gasteiger partial charge in [0, 0.05) is 23.8 Å². The van der Waals surface area contributed by atoms with Crippen LogP contribution in [0.25, 0.3) is 0 Å². The summed E-state index contributed by atoms with van der Waals surface area (Å²) in [6.07, 6.45) is 3.34. The first-order valence-corrected chi connectivity index (χ1v) is 7.31. The number of rotatable bonds is 7. The lowest BCUT2D eigenvalue weighted by atomic mass is 10.1. The number of pyridine rings is 1. The summed E-state index contributed by atoms with van der Waals surface area (Å²) in [6.45, 7) is 0.348. The summed E-state index contributed by atoms with van der Waals surface area (Å²) < 4.78 is 1.63. The van der Waals surface area contributed by atoms with Crippen molar-refractivity contribution in [2.75, 3.05) is 20.6 Å². The minimum Gasteiger partial charge on any atom is -0.302 e. The molecular formula is C17H18N3O4+. The fourth-order valence-electron chi connectivity index (χ4n) is 2.19. The molecule has 0 N–H and O–H groups in total. The van der Waals surface area contributed by atoms with Gasteiger partial charge in [-0.3, -0.25) is 19.7 Å². The molecule has 0 unspecified atom stereocenters. The number of Topliss-reactive ketones (excluding diaryl/α,β-unsaturated/α-hetero) is 2. The van der Waals surface area contributed by atoms with Gasteiger partial charge in [-0.25, -0.2) is 0 Å². The first kappa shape index (κ1) is 17.4. The van der Waals surface area contributed by atoms with E-state index in [9.17, 15) is 19.7 Å². The van der Waals surface area contributed by atoms with E-state index >= 15 is 0 Å². The molecule has 7 nitrogen and oxygen atoms in total. The lowest BCUT2D eigenvalue weighted by Gasteiger charge is -2.07. The van der Waals surface area contributed by atoms with Crippen molar-refractivity contribution in [1.29, 1.82) is 0 Å². The van der Waals surface area contributed by atoms with E-state index in [0.717, 1.165) is 0 Å². The second-order valence-corrected chi connectivity index (χ2v) is 5.65. The molecule has 0 aliphatic rings. The van der Waals surface area contributed by atoms with Crippen LogP contribution in [0.3, 0.4) is 0 Å². The van der Waals surface area contributed by atoms with Crippen molar-refractivity contribution in [2.45, 2.75) is 6.54 Å². The van der Waals surface area contributed by atoms with E-state index in [1.807, 2.05) is 14.1 Å². The van der Waals surface area contributed by atoms with Crippen molar-refractivity contribution in [3.05, 3.63) is 70.0 Å². The Hall–Kier alpha value is -2.93. The highest BCUT2D eigenvalue weighted by Gasteiger charge is 2.16. The minimum atomic E-state index is -0.511. The summed E-state index contributed by atoms with van der Waals surface area (Å²) in [5.41, 5.74) is 0.858. The van der Waals surface area contributed by atoms with Crippen molar-refractivity contribution in [3.8, 4) is 0 Å². The van der Waals surface area contributed by atoms with E-state index in [2.05, 4.69) is 0 Å². The van der Waals surface area contributed by atoms with Gasteiger partial charge in [0.05, 0.1) is 17.0 Å². The summed E-state index contributed by atoms with van der Waals surface area (Å²) in [7, 11) is 3.63. The minimum absolute atomic E-state index is 0.0304. The normalized spacial score (nSPS) is 10.6. The molecule has 0 bridgehead atoms. The molecule has 0 saturated carbocycles. The largest absolute Gasteiger partial charge is 0.302 e. The van der Waals surface area contributed by atoms with Gasteiger partial charge in [-0.15, -0.1) is 0 Å². The van der Waals surface area contributed by atoms with Crippen molar-refractivity contribution in [3.63, 3.8) is 0 Å². The van der Waals surface area contributed by atoms with Gasteiger partial charge in [0.2, 0.25) is 12.3 Å². The number of nitro benzene ring substituents is 1. The maximum atomic E-state index is 12.3. The lowest BCUT2D eigenvalue weighted by Crippen LogP contribution is -2.38. The molecule has 0 saturated heterocycles. The molecule has 0 radical (unpaired) electrons. The predicted molar refractivity (Wildman–Crippen MR) is 86.9 cm³/mol. The molecule has 124 valence electrons. The van der Waals surface area contributed by atoms with Gasteiger partial charge >= 0.3 is 0 Å². The van der Waals surface area contributed by atoms with Crippen LogP contribution in [-0.4, -0.2) is 42.0 Å². The molecule has 0 fully saturated rings. The first-order valence-electron chi connectivity index (χ1n) is 7.31. The lowest BCUT2D eigenvalue weighted by molar-refractivity contribution is -0.683. The van der Waals surface area contributed by atoms with Crippen LogP contribution in [-0.2, 0) is 6.54 Å². The third-order valence-corrected chi connectivity index (χ3v) is 3.37. The first-order chi connectivity index (χ1) is 11.4.